The highest BCUT2D eigenvalue weighted by Gasteiger charge is 2.30. The van der Waals surface area contributed by atoms with Gasteiger partial charge in [0.1, 0.15) is 0 Å². The molecule has 2 aliphatic rings. The standard InChI is InChI=1S/C14H26N2O3/c1-2-19-14(18)15-8-5-13(6-9-15)16-7-3-4-12(10-16)11-17/h12-13,17H,2-11H2,1H3/t12-/m0/s1. The van der Waals surface area contributed by atoms with Gasteiger partial charge in [-0.2, -0.15) is 0 Å². The van der Waals surface area contributed by atoms with E-state index in [-0.39, 0.29) is 6.09 Å². The number of ether oxygens (including phenoxy) is 1. The molecule has 0 aromatic heterocycles. The van der Waals surface area contributed by atoms with Gasteiger partial charge in [0.15, 0.2) is 0 Å². The van der Waals surface area contributed by atoms with Crippen LogP contribution >= 0.6 is 0 Å². The van der Waals surface area contributed by atoms with Crippen LogP contribution < -0.4 is 0 Å². The van der Waals surface area contributed by atoms with Crippen LogP contribution in [-0.2, 0) is 4.74 Å². The molecule has 2 aliphatic heterocycles. The predicted molar refractivity (Wildman–Crippen MR) is 73.0 cm³/mol. The fourth-order valence-corrected chi connectivity index (χ4v) is 3.21. The molecule has 5 nitrogen and oxygen atoms in total. The van der Waals surface area contributed by atoms with Crippen LogP contribution in [-0.4, -0.2) is 66.4 Å². The van der Waals surface area contributed by atoms with Gasteiger partial charge in [-0.3, -0.25) is 4.90 Å². The molecule has 5 heteroatoms. The van der Waals surface area contributed by atoms with E-state index in [0.717, 1.165) is 45.4 Å². The molecular weight excluding hydrogens is 244 g/mol. The van der Waals surface area contributed by atoms with E-state index in [4.69, 9.17) is 4.74 Å². The van der Waals surface area contributed by atoms with Crippen LogP contribution in [0.15, 0.2) is 0 Å². The van der Waals surface area contributed by atoms with Gasteiger partial charge in [-0.1, -0.05) is 0 Å². The lowest BCUT2D eigenvalue weighted by Gasteiger charge is -2.41. The summed E-state index contributed by atoms with van der Waals surface area (Å²) in [6, 6.07) is 0.569. The van der Waals surface area contributed by atoms with Crippen molar-refractivity contribution in [3.63, 3.8) is 0 Å². The number of hydrogen-bond donors (Lipinski definition) is 1. The van der Waals surface area contributed by atoms with Crippen molar-refractivity contribution in [2.75, 3.05) is 39.4 Å². The lowest BCUT2D eigenvalue weighted by atomic mass is 9.94. The minimum atomic E-state index is -0.173. The van der Waals surface area contributed by atoms with Gasteiger partial charge in [0.05, 0.1) is 6.61 Å². The van der Waals surface area contributed by atoms with Crippen molar-refractivity contribution in [1.29, 1.82) is 0 Å². The Morgan fingerprint density at radius 2 is 2.00 bits per heavy atom. The normalized spacial score (nSPS) is 26.4. The Kier molecular flexibility index (Phi) is 5.45. The number of rotatable bonds is 3. The van der Waals surface area contributed by atoms with Crippen molar-refractivity contribution >= 4 is 6.09 Å². The molecule has 0 aromatic rings. The molecule has 0 aliphatic carbocycles. The zero-order chi connectivity index (χ0) is 13.7. The lowest BCUT2D eigenvalue weighted by molar-refractivity contribution is 0.0470. The van der Waals surface area contributed by atoms with Crippen molar-refractivity contribution < 1.29 is 14.6 Å². The van der Waals surface area contributed by atoms with Crippen LogP contribution in [0.1, 0.15) is 32.6 Å². The van der Waals surface area contributed by atoms with Crippen LogP contribution in [0.3, 0.4) is 0 Å². The summed E-state index contributed by atoms with van der Waals surface area (Å²) in [6.45, 7) is 6.34. The summed E-state index contributed by atoms with van der Waals surface area (Å²) in [5.74, 6) is 0.442. The Morgan fingerprint density at radius 3 is 2.63 bits per heavy atom. The number of nitrogens with zero attached hydrogens (tertiary/aromatic N) is 2. The molecular formula is C14H26N2O3. The zero-order valence-electron chi connectivity index (χ0n) is 11.9. The van der Waals surface area contributed by atoms with Crippen LogP contribution in [0.5, 0.6) is 0 Å². The summed E-state index contributed by atoms with van der Waals surface area (Å²) in [7, 11) is 0. The molecule has 2 fully saturated rings. The molecule has 0 saturated carbocycles. The van der Waals surface area contributed by atoms with E-state index in [1.165, 1.54) is 6.42 Å². The first kappa shape index (κ1) is 14.6. The number of hydrogen-bond acceptors (Lipinski definition) is 4. The second-order valence-corrected chi connectivity index (χ2v) is 5.60. The highest BCUT2D eigenvalue weighted by molar-refractivity contribution is 5.67. The fraction of sp³-hybridized carbons (Fsp3) is 0.929. The average Bonchev–Trinajstić information content (AvgIpc) is 2.48. The first-order chi connectivity index (χ1) is 9.24. The quantitative estimate of drug-likeness (QED) is 0.840. The summed E-state index contributed by atoms with van der Waals surface area (Å²) in [5, 5.41) is 9.28. The first-order valence-corrected chi connectivity index (χ1v) is 7.51. The van der Waals surface area contributed by atoms with Gasteiger partial charge in [-0.05, 0) is 45.1 Å². The molecule has 2 saturated heterocycles. The van der Waals surface area contributed by atoms with E-state index in [9.17, 15) is 9.90 Å². The molecule has 0 radical (unpaired) electrons. The van der Waals surface area contributed by atoms with Gasteiger partial charge >= 0.3 is 6.09 Å². The van der Waals surface area contributed by atoms with Gasteiger partial charge in [-0.15, -0.1) is 0 Å². The molecule has 0 unspecified atom stereocenters. The molecule has 1 atom stereocenters. The van der Waals surface area contributed by atoms with Crippen LogP contribution in [0.25, 0.3) is 0 Å². The fourth-order valence-electron chi connectivity index (χ4n) is 3.21. The minimum absolute atomic E-state index is 0.173. The summed E-state index contributed by atoms with van der Waals surface area (Å²) in [6.07, 6.45) is 4.21. The summed E-state index contributed by atoms with van der Waals surface area (Å²) >= 11 is 0. The van der Waals surface area contributed by atoms with Gasteiger partial charge in [0.2, 0.25) is 0 Å². The number of piperidine rings is 2. The van der Waals surface area contributed by atoms with Crippen LogP contribution in [0, 0.1) is 5.92 Å². The van der Waals surface area contributed by atoms with E-state index in [1.54, 1.807) is 0 Å². The Hall–Kier alpha value is -0.810. The van der Waals surface area contributed by atoms with Crippen LogP contribution in [0.2, 0.25) is 0 Å². The second kappa shape index (κ2) is 7.10. The van der Waals surface area contributed by atoms with E-state index < -0.39 is 0 Å². The number of aliphatic hydroxyl groups is 1. The summed E-state index contributed by atoms with van der Waals surface area (Å²) < 4.78 is 5.04. The van der Waals surface area contributed by atoms with Crippen molar-refractivity contribution in [3.05, 3.63) is 0 Å². The van der Waals surface area contributed by atoms with Gasteiger partial charge in [0.25, 0.3) is 0 Å². The molecule has 2 rings (SSSR count). The van der Waals surface area contributed by atoms with Crippen molar-refractivity contribution in [3.8, 4) is 0 Å². The minimum Gasteiger partial charge on any atom is -0.450 e. The number of carbonyl (C=O) groups is 1. The smallest absolute Gasteiger partial charge is 0.409 e. The molecule has 0 spiro atoms. The van der Waals surface area contributed by atoms with Crippen LogP contribution in [0.4, 0.5) is 4.79 Å². The van der Waals surface area contributed by atoms with Gasteiger partial charge in [0, 0.05) is 32.3 Å². The first-order valence-electron chi connectivity index (χ1n) is 7.51. The molecule has 19 heavy (non-hydrogen) atoms. The van der Waals surface area contributed by atoms with Gasteiger partial charge < -0.3 is 14.7 Å². The SMILES string of the molecule is CCOC(=O)N1CCC(N2CCC[C@H](CO)C2)CC1. The second-order valence-electron chi connectivity index (χ2n) is 5.60. The predicted octanol–water partition coefficient (Wildman–Crippen LogP) is 1.31. The molecule has 1 N–H and O–H groups in total. The molecule has 1 amide bonds. The van der Waals surface area contributed by atoms with E-state index in [2.05, 4.69) is 4.90 Å². The summed E-state index contributed by atoms with van der Waals surface area (Å²) in [4.78, 5) is 16.0. The monoisotopic (exact) mass is 270 g/mol. The van der Waals surface area contributed by atoms with E-state index in [1.807, 2.05) is 11.8 Å². The topological polar surface area (TPSA) is 53.0 Å². The zero-order valence-corrected chi connectivity index (χ0v) is 11.9. The van der Waals surface area contributed by atoms with Crippen molar-refractivity contribution in [2.45, 2.75) is 38.6 Å². The van der Waals surface area contributed by atoms with E-state index >= 15 is 0 Å². The maximum absolute atomic E-state index is 11.6. The van der Waals surface area contributed by atoms with E-state index in [0.29, 0.717) is 25.2 Å². The van der Waals surface area contributed by atoms with Gasteiger partial charge in [-0.25, -0.2) is 4.79 Å². The molecule has 2 heterocycles. The molecule has 0 bridgehead atoms. The third kappa shape index (κ3) is 3.83. The average molecular weight is 270 g/mol. The number of carbonyl (C=O) groups excluding carboxylic acids is 1. The highest BCUT2D eigenvalue weighted by Crippen LogP contribution is 2.23. The largest absolute Gasteiger partial charge is 0.450 e. The Bertz CT molecular complexity index is 290. The maximum atomic E-state index is 11.6. The van der Waals surface area contributed by atoms with Crippen molar-refractivity contribution in [1.82, 2.24) is 9.80 Å². The Labute approximate surface area is 115 Å². The molecule has 110 valence electrons. The maximum Gasteiger partial charge on any atom is 0.409 e. The summed E-state index contributed by atoms with van der Waals surface area (Å²) in [5.41, 5.74) is 0. The highest BCUT2D eigenvalue weighted by atomic mass is 16.6. The molecule has 0 aromatic carbocycles. The lowest BCUT2D eigenvalue weighted by Crippen LogP contribution is -2.50. The number of aliphatic hydroxyl groups excluding tert-OH is 1. The Balaban J connectivity index is 1.78. The third-order valence-electron chi connectivity index (χ3n) is 4.32. The number of amides is 1. The third-order valence-corrected chi connectivity index (χ3v) is 4.32. The Morgan fingerprint density at radius 1 is 1.26 bits per heavy atom. The van der Waals surface area contributed by atoms with Crippen molar-refractivity contribution in [2.24, 2.45) is 5.92 Å². The number of likely N-dealkylation sites (tertiary alicyclic amines) is 2.